The van der Waals surface area contributed by atoms with Crippen molar-refractivity contribution in [2.75, 3.05) is 6.61 Å². The van der Waals surface area contributed by atoms with Gasteiger partial charge in [0.2, 0.25) is 0 Å². The van der Waals surface area contributed by atoms with Gasteiger partial charge in [-0.1, -0.05) is 72.0 Å². The Balaban J connectivity index is 1.82. The van der Waals surface area contributed by atoms with E-state index in [1.165, 1.54) is 11.3 Å². The van der Waals surface area contributed by atoms with Crippen LogP contribution in [0.4, 0.5) is 0 Å². The summed E-state index contributed by atoms with van der Waals surface area (Å²) in [4.78, 5) is 32.6. The van der Waals surface area contributed by atoms with E-state index in [1.54, 1.807) is 17.6 Å². The molecule has 1 aromatic heterocycles. The lowest BCUT2D eigenvalue weighted by Crippen LogP contribution is -2.40. The number of carbonyl (C=O) groups is 1. The predicted molar refractivity (Wildman–Crippen MR) is 161 cm³/mol. The Bertz CT molecular complexity index is 1690. The summed E-state index contributed by atoms with van der Waals surface area (Å²) in [5.41, 5.74) is 2.93. The van der Waals surface area contributed by atoms with Crippen LogP contribution in [-0.4, -0.2) is 22.2 Å². The molecule has 0 saturated carbocycles. The first-order valence-electron chi connectivity index (χ1n) is 11.4. The number of aromatic nitrogens is 1. The minimum absolute atomic E-state index is 0.203. The average molecular weight is 734 g/mol. The van der Waals surface area contributed by atoms with Crippen LogP contribution in [0.5, 0.6) is 5.75 Å². The molecule has 37 heavy (non-hydrogen) atoms. The molecule has 1 N–H and O–H groups in total. The zero-order valence-corrected chi connectivity index (χ0v) is 24.7. The van der Waals surface area contributed by atoms with Gasteiger partial charge in [0.15, 0.2) is 4.80 Å². The molecule has 0 bridgehead atoms. The predicted octanol–water partition coefficient (Wildman–Crippen LogP) is 4.85. The second-order valence-corrected chi connectivity index (χ2v) is 11.5. The molecule has 1 aliphatic rings. The molecule has 2 heterocycles. The van der Waals surface area contributed by atoms with Gasteiger partial charge in [0.1, 0.15) is 5.75 Å². The van der Waals surface area contributed by atoms with Gasteiger partial charge < -0.3 is 9.84 Å². The first-order valence-corrected chi connectivity index (χ1v) is 14.4. The molecule has 6 nitrogen and oxygen atoms in total. The summed E-state index contributed by atoms with van der Waals surface area (Å²) >= 11 is 5.41. The van der Waals surface area contributed by atoms with Crippen molar-refractivity contribution in [2.45, 2.75) is 13.0 Å². The maximum Gasteiger partial charge on any atom is 0.338 e. The number of esters is 1. The Kier molecular flexibility index (Phi) is 7.63. The van der Waals surface area contributed by atoms with Crippen LogP contribution in [0.15, 0.2) is 88.2 Å². The summed E-state index contributed by atoms with van der Waals surface area (Å²) < 4.78 is 8.93. The van der Waals surface area contributed by atoms with Crippen molar-refractivity contribution in [3.05, 3.63) is 122 Å². The number of phenolic OH excluding ortho intramolecular Hbond substituents is 1. The molecule has 9 heteroatoms. The topological polar surface area (TPSA) is 80.9 Å². The van der Waals surface area contributed by atoms with E-state index in [1.807, 2.05) is 72.8 Å². The summed E-state index contributed by atoms with van der Waals surface area (Å²) in [5, 5.41) is 10.2. The Morgan fingerprint density at radius 3 is 2.32 bits per heavy atom. The molecular formula is C28H20I2N2O4S. The van der Waals surface area contributed by atoms with E-state index in [-0.39, 0.29) is 17.9 Å². The van der Waals surface area contributed by atoms with E-state index in [0.29, 0.717) is 27.7 Å². The highest BCUT2D eigenvalue weighted by Crippen LogP contribution is 2.35. The van der Waals surface area contributed by atoms with Crippen LogP contribution in [0.3, 0.4) is 0 Å². The van der Waals surface area contributed by atoms with E-state index in [9.17, 15) is 14.7 Å². The van der Waals surface area contributed by atoms with Crippen molar-refractivity contribution in [3.63, 3.8) is 0 Å². The summed E-state index contributed by atoms with van der Waals surface area (Å²) in [5.74, 6) is -0.286. The molecule has 0 saturated heterocycles. The molecule has 0 spiro atoms. The molecule has 0 amide bonds. The largest absolute Gasteiger partial charge is 0.506 e. The molecule has 1 atom stereocenters. The minimum Gasteiger partial charge on any atom is -0.506 e. The fourth-order valence-corrected chi connectivity index (χ4v) is 7.03. The fraction of sp³-hybridized carbons (Fsp3) is 0.107. The number of fused-ring (bicyclic) bond motifs is 1. The number of hydrogen-bond donors (Lipinski definition) is 1. The number of aromatic hydroxyl groups is 1. The van der Waals surface area contributed by atoms with E-state index < -0.39 is 12.0 Å². The van der Waals surface area contributed by atoms with Gasteiger partial charge in [-0.25, -0.2) is 9.79 Å². The quantitative estimate of drug-likeness (QED) is 0.235. The van der Waals surface area contributed by atoms with Crippen LogP contribution in [0, 0.1) is 7.14 Å². The van der Waals surface area contributed by atoms with Crippen molar-refractivity contribution in [1.82, 2.24) is 4.57 Å². The van der Waals surface area contributed by atoms with Gasteiger partial charge in [0, 0.05) is 5.56 Å². The van der Waals surface area contributed by atoms with Gasteiger partial charge in [-0.3, -0.25) is 9.36 Å². The van der Waals surface area contributed by atoms with Crippen LogP contribution in [-0.2, 0) is 9.53 Å². The van der Waals surface area contributed by atoms with Crippen LogP contribution in [0.25, 0.3) is 11.8 Å². The van der Waals surface area contributed by atoms with Gasteiger partial charge >= 0.3 is 5.97 Å². The number of halogens is 2. The zero-order chi connectivity index (χ0) is 26.1. The minimum atomic E-state index is -0.700. The number of benzene rings is 3. The number of carbonyl (C=O) groups excluding carboxylic acids is 1. The SMILES string of the molecule is CCOC(=O)C1=C(c2ccccc2)N=c2s/c(=C\c3cc(I)c(O)c(I)c3)c(=O)n2[C@@H]1c1ccccc1. The number of nitrogens with zero attached hydrogens (tertiary/aromatic N) is 2. The molecule has 0 fully saturated rings. The highest BCUT2D eigenvalue weighted by atomic mass is 127. The first kappa shape index (κ1) is 25.9. The van der Waals surface area contributed by atoms with Crippen LogP contribution in [0.2, 0.25) is 0 Å². The van der Waals surface area contributed by atoms with Crippen molar-refractivity contribution in [3.8, 4) is 5.75 Å². The normalized spacial score (nSPS) is 15.3. The van der Waals surface area contributed by atoms with Crippen LogP contribution >= 0.6 is 56.5 Å². The number of ether oxygens (including phenoxy) is 1. The standard InChI is InChI=1S/C28H20I2N2O4S/c1-2-36-27(35)22-23(17-9-5-3-6-10-17)31-28-32(24(22)18-11-7-4-8-12-18)26(34)21(37-28)15-16-13-19(29)25(33)20(30)14-16/h3-15,24,33H,2H2,1H3/b21-15-/t24-/m1/s1. The molecule has 0 unspecified atom stereocenters. The lowest BCUT2D eigenvalue weighted by atomic mass is 9.93. The Labute approximate surface area is 243 Å². The van der Waals surface area contributed by atoms with E-state index in [4.69, 9.17) is 9.73 Å². The van der Waals surface area contributed by atoms with Gasteiger partial charge in [-0.05, 0) is 81.4 Å². The highest BCUT2D eigenvalue weighted by molar-refractivity contribution is 14.1. The van der Waals surface area contributed by atoms with E-state index in [2.05, 4.69) is 45.2 Å². The smallest absolute Gasteiger partial charge is 0.338 e. The summed E-state index contributed by atoms with van der Waals surface area (Å²) in [7, 11) is 0. The number of hydrogen-bond acceptors (Lipinski definition) is 6. The van der Waals surface area contributed by atoms with Crippen LogP contribution in [0.1, 0.15) is 29.7 Å². The Morgan fingerprint density at radius 2 is 1.70 bits per heavy atom. The molecule has 5 rings (SSSR count). The Hall–Kier alpha value is -2.77. The van der Waals surface area contributed by atoms with Crippen molar-refractivity contribution >= 4 is 74.3 Å². The fourth-order valence-electron chi connectivity index (χ4n) is 4.21. The molecule has 1 aliphatic heterocycles. The first-order chi connectivity index (χ1) is 17.9. The summed E-state index contributed by atoms with van der Waals surface area (Å²) in [6, 6.07) is 21.9. The average Bonchev–Trinajstić information content (AvgIpc) is 3.21. The molecule has 4 aromatic rings. The third-order valence-electron chi connectivity index (χ3n) is 5.83. The molecule has 186 valence electrons. The third kappa shape index (κ3) is 5.04. The van der Waals surface area contributed by atoms with Crippen molar-refractivity contribution in [1.29, 1.82) is 0 Å². The lowest BCUT2D eigenvalue weighted by molar-refractivity contribution is -0.138. The monoisotopic (exact) mass is 734 g/mol. The number of phenols is 1. The number of thiazole rings is 1. The van der Waals surface area contributed by atoms with E-state index in [0.717, 1.165) is 16.7 Å². The maximum absolute atomic E-state index is 13.9. The summed E-state index contributed by atoms with van der Waals surface area (Å²) in [6.07, 6.45) is 1.80. The molecule has 0 radical (unpaired) electrons. The van der Waals surface area contributed by atoms with Crippen molar-refractivity contribution in [2.24, 2.45) is 4.99 Å². The second kappa shape index (κ2) is 10.9. The van der Waals surface area contributed by atoms with Gasteiger partial charge in [0.05, 0.1) is 35.6 Å². The number of rotatable bonds is 5. The summed E-state index contributed by atoms with van der Waals surface area (Å²) in [6.45, 7) is 1.96. The zero-order valence-electron chi connectivity index (χ0n) is 19.5. The van der Waals surface area contributed by atoms with Crippen LogP contribution < -0.4 is 14.9 Å². The molecule has 3 aromatic carbocycles. The Morgan fingerprint density at radius 1 is 1.08 bits per heavy atom. The third-order valence-corrected chi connectivity index (χ3v) is 8.45. The molecular weight excluding hydrogens is 714 g/mol. The highest BCUT2D eigenvalue weighted by Gasteiger charge is 2.35. The maximum atomic E-state index is 13.9. The molecule has 0 aliphatic carbocycles. The lowest BCUT2D eigenvalue weighted by Gasteiger charge is -2.25. The van der Waals surface area contributed by atoms with Gasteiger partial charge in [0.25, 0.3) is 5.56 Å². The van der Waals surface area contributed by atoms with E-state index >= 15 is 0 Å². The van der Waals surface area contributed by atoms with Gasteiger partial charge in [-0.15, -0.1) is 0 Å². The van der Waals surface area contributed by atoms with Crippen molar-refractivity contribution < 1.29 is 14.6 Å². The van der Waals surface area contributed by atoms with Gasteiger partial charge in [-0.2, -0.15) is 0 Å². The second-order valence-electron chi connectivity index (χ2n) is 8.18.